The van der Waals surface area contributed by atoms with Gasteiger partial charge in [0.25, 0.3) is 5.91 Å². The minimum absolute atomic E-state index is 0.0502. The number of carbonyl (C=O) groups is 1. The van der Waals surface area contributed by atoms with Gasteiger partial charge in [0, 0.05) is 29.1 Å². The Hall–Kier alpha value is -1.04. The van der Waals surface area contributed by atoms with E-state index in [1.807, 2.05) is 44.7 Å². The van der Waals surface area contributed by atoms with Crippen LogP contribution in [0.3, 0.4) is 0 Å². The summed E-state index contributed by atoms with van der Waals surface area (Å²) in [7, 11) is -0.516. The molecule has 2 aliphatic rings. The lowest BCUT2D eigenvalue weighted by molar-refractivity contribution is 0.00578. The number of halogens is 1. The Labute approximate surface area is 156 Å². The third-order valence-corrected chi connectivity index (χ3v) is 6.15. The van der Waals surface area contributed by atoms with Crippen LogP contribution in [0.5, 0.6) is 0 Å². The van der Waals surface area contributed by atoms with Crippen LogP contribution < -0.4 is 5.46 Å². The zero-order chi connectivity index (χ0) is 18.4. The van der Waals surface area contributed by atoms with Crippen LogP contribution in [0.25, 0.3) is 0 Å². The second-order valence-electron chi connectivity index (χ2n) is 8.30. The SMILES string of the molecule is CC1CCN(C(=O)c2ccc(B3OC(C)(C)C(C)(C)O3)c(Cl)c2)CC1. The molecule has 0 N–H and O–H groups in total. The van der Waals surface area contributed by atoms with Gasteiger partial charge in [-0.25, -0.2) is 0 Å². The molecule has 0 bridgehead atoms. The van der Waals surface area contributed by atoms with Crippen LogP contribution in [-0.4, -0.2) is 42.2 Å². The predicted octanol–water partition coefficient (Wildman–Crippen LogP) is 3.51. The maximum absolute atomic E-state index is 12.7. The first-order valence-electron chi connectivity index (χ1n) is 9.05. The molecular weight excluding hydrogens is 336 g/mol. The largest absolute Gasteiger partial charge is 0.496 e. The van der Waals surface area contributed by atoms with Crippen LogP contribution in [-0.2, 0) is 9.31 Å². The average molecular weight is 364 g/mol. The molecule has 4 nitrogen and oxygen atoms in total. The lowest BCUT2D eigenvalue weighted by atomic mass is 9.78. The lowest BCUT2D eigenvalue weighted by Crippen LogP contribution is -2.41. The van der Waals surface area contributed by atoms with Gasteiger partial charge in [0.05, 0.1) is 11.2 Å². The molecule has 0 aliphatic carbocycles. The molecule has 2 aliphatic heterocycles. The molecule has 3 rings (SSSR count). The van der Waals surface area contributed by atoms with Crippen LogP contribution in [0.15, 0.2) is 18.2 Å². The maximum Gasteiger partial charge on any atom is 0.496 e. The van der Waals surface area contributed by atoms with E-state index in [-0.39, 0.29) is 5.91 Å². The summed E-state index contributed by atoms with van der Waals surface area (Å²) in [6.07, 6.45) is 2.12. The van der Waals surface area contributed by atoms with E-state index in [1.165, 1.54) is 0 Å². The number of amides is 1. The van der Waals surface area contributed by atoms with Crippen molar-refractivity contribution in [3.63, 3.8) is 0 Å². The van der Waals surface area contributed by atoms with Crippen molar-refractivity contribution in [1.29, 1.82) is 0 Å². The number of hydrogen-bond donors (Lipinski definition) is 0. The van der Waals surface area contributed by atoms with Gasteiger partial charge in [-0.15, -0.1) is 0 Å². The summed E-state index contributed by atoms with van der Waals surface area (Å²) in [6.45, 7) is 11.9. The highest BCUT2D eigenvalue weighted by molar-refractivity contribution is 6.65. The summed E-state index contributed by atoms with van der Waals surface area (Å²) >= 11 is 6.47. The van der Waals surface area contributed by atoms with Crippen molar-refractivity contribution in [2.45, 2.75) is 58.7 Å². The van der Waals surface area contributed by atoms with E-state index >= 15 is 0 Å². The molecule has 1 aromatic rings. The molecule has 0 radical (unpaired) electrons. The second-order valence-corrected chi connectivity index (χ2v) is 8.71. The topological polar surface area (TPSA) is 38.8 Å². The number of likely N-dealkylation sites (tertiary alicyclic amines) is 1. The third-order valence-electron chi connectivity index (χ3n) is 5.83. The van der Waals surface area contributed by atoms with E-state index < -0.39 is 18.3 Å². The fraction of sp³-hybridized carbons (Fsp3) is 0.632. The Kier molecular flexibility index (Phi) is 4.95. The molecule has 0 spiro atoms. The second kappa shape index (κ2) is 6.60. The van der Waals surface area contributed by atoms with E-state index in [1.54, 1.807) is 6.07 Å². The number of piperidine rings is 1. The van der Waals surface area contributed by atoms with Gasteiger partial charge in [-0.3, -0.25) is 4.79 Å². The highest BCUT2D eigenvalue weighted by Gasteiger charge is 2.52. The van der Waals surface area contributed by atoms with E-state index in [4.69, 9.17) is 20.9 Å². The number of rotatable bonds is 2. The molecule has 2 saturated heterocycles. The molecule has 1 amide bonds. The van der Waals surface area contributed by atoms with Crippen molar-refractivity contribution in [3.05, 3.63) is 28.8 Å². The molecule has 1 aromatic carbocycles. The standard InChI is InChI=1S/C19H27BClNO3/c1-13-8-10-22(11-9-13)17(23)14-6-7-15(16(21)12-14)20-24-18(2,3)19(4,5)25-20/h6-7,12-13H,8-11H2,1-5H3. The summed E-state index contributed by atoms with van der Waals surface area (Å²) in [4.78, 5) is 14.6. The van der Waals surface area contributed by atoms with Crippen LogP contribution in [0, 0.1) is 5.92 Å². The van der Waals surface area contributed by atoms with Gasteiger partial charge in [-0.05, 0) is 58.6 Å². The fourth-order valence-corrected chi connectivity index (χ4v) is 3.49. The van der Waals surface area contributed by atoms with E-state index in [0.29, 0.717) is 16.5 Å². The fourth-order valence-electron chi connectivity index (χ4n) is 3.22. The molecule has 2 fully saturated rings. The van der Waals surface area contributed by atoms with Crippen LogP contribution >= 0.6 is 11.6 Å². The van der Waals surface area contributed by atoms with Gasteiger partial charge in [-0.2, -0.15) is 0 Å². The minimum Gasteiger partial charge on any atom is -0.399 e. The number of nitrogens with zero attached hydrogens (tertiary/aromatic N) is 1. The molecule has 6 heteroatoms. The van der Waals surface area contributed by atoms with Gasteiger partial charge < -0.3 is 14.2 Å². The molecule has 0 aromatic heterocycles. The summed E-state index contributed by atoms with van der Waals surface area (Å²) in [5.41, 5.74) is 0.559. The maximum atomic E-state index is 12.7. The van der Waals surface area contributed by atoms with Gasteiger partial charge in [-0.1, -0.05) is 24.6 Å². The molecule has 2 heterocycles. The Morgan fingerprint density at radius 3 is 2.24 bits per heavy atom. The van der Waals surface area contributed by atoms with Crippen molar-refractivity contribution in [1.82, 2.24) is 4.90 Å². The molecule has 136 valence electrons. The highest BCUT2D eigenvalue weighted by Crippen LogP contribution is 2.37. The van der Waals surface area contributed by atoms with Crippen molar-refractivity contribution < 1.29 is 14.1 Å². The van der Waals surface area contributed by atoms with Crippen molar-refractivity contribution >= 4 is 30.1 Å². The van der Waals surface area contributed by atoms with Crippen LogP contribution in [0.2, 0.25) is 5.02 Å². The Balaban J connectivity index is 1.77. The van der Waals surface area contributed by atoms with Gasteiger partial charge in [0.1, 0.15) is 0 Å². The van der Waals surface area contributed by atoms with Gasteiger partial charge in [0.2, 0.25) is 0 Å². The number of benzene rings is 1. The van der Waals surface area contributed by atoms with E-state index in [2.05, 4.69) is 6.92 Å². The quantitative estimate of drug-likeness (QED) is 0.755. The zero-order valence-electron chi connectivity index (χ0n) is 15.8. The highest BCUT2D eigenvalue weighted by atomic mass is 35.5. The van der Waals surface area contributed by atoms with E-state index in [9.17, 15) is 4.79 Å². The van der Waals surface area contributed by atoms with Crippen molar-refractivity contribution in [2.24, 2.45) is 5.92 Å². The Bertz CT molecular complexity index is 653. The number of hydrogen-bond acceptors (Lipinski definition) is 3. The first kappa shape index (κ1) is 18.7. The van der Waals surface area contributed by atoms with Gasteiger partial charge >= 0.3 is 7.12 Å². The molecule has 0 saturated carbocycles. The molecular formula is C19H27BClNO3. The van der Waals surface area contributed by atoms with Crippen LogP contribution in [0.1, 0.15) is 57.8 Å². The zero-order valence-corrected chi connectivity index (χ0v) is 16.5. The van der Waals surface area contributed by atoms with Crippen molar-refractivity contribution in [2.75, 3.05) is 13.1 Å². The summed E-state index contributed by atoms with van der Waals surface area (Å²) in [5, 5.41) is 0.509. The number of carbonyl (C=O) groups excluding carboxylic acids is 1. The van der Waals surface area contributed by atoms with Crippen LogP contribution in [0.4, 0.5) is 0 Å². The molecule has 0 unspecified atom stereocenters. The first-order valence-corrected chi connectivity index (χ1v) is 9.43. The summed E-state index contributed by atoms with van der Waals surface area (Å²) < 4.78 is 12.1. The Morgan fingerprint density at radius 2 is 1.72 bits per heavy atom. The summed E-state index contributed by atoms with van der Waals surface area (Å²) in [6, 6.07) is 5.42. The minimum atomic E-state index is -0.516. The third kappa shape index (κ3) is 3.60. The van der Waals surface area contributed by atoms with Gasteiger partial charge in [0.15, 0.2) is 0 Å². The Morgan fingerprint density at radius 1 is 1.16 bits per heavy atom. The predicted molar refractivity (Wildman–Crippen MR) is 101 cm³/mol. The van der Waals surface area contributed by atoms with E-state index in [0.717, 1.165) is 31.4 Å². The lowest BCUT2D eigenvalue weighted by Gasteiger charge is -2.32. The monoisotopic (exact) mass is 363 g/mol. The normalized spacial score (nSPS) is 23.1. The average Bonchev–Trinajstić information content (AvgIpc) is 2.75. The molecule has 0 atom stereocenters. The molecule has 25 heavy (non-hydrogen) atoms. The first-order chi connectivity index (χ1) is 11.6. The summed E-state index contributed by atoms with van der Waals surface area (Å²) in [5.74, 6) is 0.743. The van der Waals surface area contributed by atoms with Crippen molar-refractivity contribution in [3.8, 4) is 0 Å². The smallest absolute Gasteiger partial charge is 0.399 e.